The van der Waals surface area contributed by atoms with Gasteiger partial charge in [-0.05, 0) is 67.8 Å². The van der Waals surface area contributed by atoms with Gasteiger partial charge in [-0.1, -0.05) is 6.07 Å². The third kappa shape index (κ3) is 6.12. The number of aryl methyl sites for hydroxylation is 2. The van der Waals surface area contributed by atoms with Gasteiger partial charge in [0.1, 0.15) is 6.42 Å². The summed E-state index contributed by atoms with van der Waals surface area (Å²) < 4.78 is 10.7. The van der Waals surface area contributed by atoms with Gasteiger partial charge >= 0.3 is 0 Å². The molecule has 2 aromatic rings. The standard InChI is InChI=1S/C21H25N3O4/c1-5-28-19-11-16(7-9-18(19)27-4)13-22-24-21(26)12-20(25)23-17-8-6-14(2)15(3)10-17/h6-11,13H,5,12H2,1-4H3,(H,23,25)(H,24,26). The number of hydrazone groups is 1. The van der Waals surface area contributed by atoms with Crippen molar-refractivity contribution in [2.45, 2.75) is 27.2 Å². The van der Waals surface area contributed by atoms with Crippen LogP contribution in [-0.2, 0) is 9.59 Å². The average molecular weight is 383 g/mol. The summed E-state index contributed by atoms with van der Waals surface area (Å²) in [6.07, 6.45) is 1.15. The molecule has 7 nitrogen and oxygen atoms in total. The summed E-state index contributed by atoms with van der Waals surface area (Å²) in [6.45, 7) is 6.34. The molecule has 2 amide bonds. The Hall–Kier alpha value is -3.35. The van der Waals surface area contributed by atoms with Crippen LogP contribution in [0.25, 0.3) is 0 Å². The highest BCUT2D eigenvalue weighted by Gasteiger charge is 2.09. The molecule has 7 heteroatoms. The van der Waals surface area contributed by atoms with Crippen molar-refractivity contribution in [2.24, 2.45) is 5.10 Å². The van der Waals surface area contributed by atoms with Crippen LogP contribution in [0.3, 0.4) is 0 Å². The van der Waals surface area contributed by atoms with Gasteiger partial charge in [-0.15, -0.1) is 0 Å². The lowest BCUT2D eigenvalue weighted by molar-refractivity contribution is -0.126. The van der Waals surface area contributed by atoms with Gasteiger partial charge in [0.05, 0.1) is 19.9 Å². The molecule has 0 bridgehead atoms. The number of hydrogen-bond donors (Lipinski definition) is 2. The highest BCUT2D eigenvalue weighted by atomic mass is 16.5. The number of ether oxygens (including phenoxy) is 2. The number of hydrogen-bond acceptors (Lipinski definition) is 5. The Bertz CT molecular complexity index is 878. The Morgan fingerprint density at radius 3 is 2.50 bits per heavy atom. The van der Waals surface area contributed by atoms with Gasteiger partial charge in [0.25, 0.3) is 0 Å². The van der Waals surface area contributed by atoms with Gasteiger partial charge in [-0.3, -0.25) is 9.59 Å². The number of amides is 2. The number of rotatable bonds is 8. The van der Waals surface area contributed by atoms with E-state index in [1.54, 1.807) is 31.4 Å². The summed E-state index contributed by atoms with van der Waals surface area (Å²) in [5, 5.41) is 6.58. The Balaban J connectivity index is 1.88. The van der Waals surface area contributed by atoms with E-state index in [2.05, 4.69) is 15.8 Å². The zero-order valence-electron chi connectivity index (χ0n) is 16.5. The fraction of sp³-hybridized carbons (Fsp3) is 0.286. The minimum atomic E-state index is -0.504. The molecule has 2 rings (SSSR count). The quantitative estimate of drug-likeness (QED) is 0.416. The zero-order valence-corrected chi connectivity index (χ0v) is 16.5. The van der Waals surface area contributed by atoms with Crippen molar-refractivity contribution < 1.29 is 19.1 Å². The highest BCUT2D eigenvalue weighted by molar-refractivity contribution is 6.03. The molecular formula is C21H25N3O4. The molecule has 0 atom stereocenters. The van der Waals surface area contributed by atoms with Crippen LogP contribution in [0.1, 0.15) is 30.0 Å². The molecule has 0 aliphatic heterocycles. The lowest BCUT2D eigenvalue weighted by Crippen LogP contribution is -2.24. The molecule has 0 aliphatic carbocycles. The molecule has 0 aromatic heterocycles. The summed E-state index contributed by atoms with van der Waals surface area (Å²) in [6, 6.07) is 10.9. The van der Waals surface area contributed by atoms with Gasteiger partial charge < -0.3 is 14.8 Å². The number of nitrogens with one attached hydrogen (secondary N) is 2. The summed E-state index contributed by atoms with van der Waals surface area (Å²) in [4.78, 5) is 23.9. The second-order valence-electron chi connectivity index (χ2n) is 6.16. The van der Waals surface area contributed by atoms with Crippen LogP contribution in [0, 0.1) is 13.8 Å². The molecule has 0 unspecified atom stereocenters. The average Bonchev–Trinajstić information content (AvgIpc) is 2.65. The first-order chi connectivity index (χ1) is 13.4. The van der Waals surface area contributed by atoms with Crippen LogP contribution in [0.5, 0.6) is 11.5 Å². The van der Waals surface area contributed by atoms with Crippen LogP contribution >= 0.6 is 0 Å². The van der Waals surface area contributed by atoms with Crippen molar-refractivity contribution in [1.82, 2.24) is 5.43 Å². The first-order valence-corrected chi connectivity index (χ1v) is 8.92. The summed E-state index contributed by atoms with van der Waals surface area (Å²) >= 11 is 0. The van der Waals surface area contributed by atoms with Crippen molar-refractivity contribution in [3.63, 3.8) is 0 Å². The topological polar surface area (TPSA) is 89.0 Å². The molecule has 2 aromatic carbocycles. The normalized spacial score (nSPS) is 10.6. The van der Waals surface area contributed by atoms with Crippen molar-refractivity contribution in [3.8, 4) is 11.5 Å². The number of anilines is 1. The van der Waals surface area contributed by atoms with Crippen LogP contribution in [-0.4, -0.2) is 31.7 Å². The van der Waals surface area contributed by atoms with E-state index in [1.165, 1.54) is 6.21 Å². The molecule has 0 saturated carbocycles. The fourth-order valence-corrected chi connectivity index (χ4v) is 2.43. The number of methoxy groups -OCH3 is 1. The second-order valence-corrected chi connectivity index (χ2v) is 6.16. The minimum Gasteiger partial charge on any atom is -0.493 e. The van der Waals surface area contributed by atoms with Gasteiger partial charge in [0, 0.05) is 5.69 Å². The summed E-state index contributed by atoms with van der Waals surface area (Å²) in [7, 11) is 1.56. The van der Waals surface area contributed by atoms with Gasteiger partial charge in [0.15, 0.2) is 11.5 Å². The van der Waals surface area contributed by atoms with Gasteiger partial charge in [0.2, 0.25) is 11.8 Å². The van der Waals surface area contributed by atoms with E-state index in [0.29, 0.717) is 23.8 Å². The van der Waals surface area contributed by atoms with Crippen LogP contribution in [0.2, 0.25) is 0 Å². The monoisotopic (exact) mass is 383 g/mol. The second kappa shape index (κ2) is 10.1. The van der Waals surface area contributed by atoms with E-state index in [9.17, 15) is 9.59 Å². The van der Waals surface area contributed by atoms with Crippen LogP contribution in [0.15, 0.2) is 41.5 Å². The van der Waals surface area contributed by atoms with Crippen LogP contribution in [0.4, 0.5) is 5.69 Å². The van der Waals surface area contributed by atoms with E-state index >= 15 is 0 Å². The summed E-state index contributed by atoms with van der Waals surface area (Å²) in [5.74, 6) is 0.300. The van der Waals surface area contributed by atoms with Crippen LogP contribution < -0.4 is 20.2 Å². The predicted molar refractivity (Wildman–Crippen MR) is 109 cm³/mol. The molecule has 148 valence electrons. The molecule has 0 radical (unpaired) electrons. The first-order valence-electron chi connectivity index (χ1n) is 8.92. The van der Waals surface area contributed by atoms with Crippen molar-refractivity contribution in [1.29, 1.82) is 0 Å². The molecule has 0 fully saturated rings. The largest absolute Gasteiger partial charge is 0.493 e. The van der Waals surface area contributed by atoms with Gasteiger partial charge in [-0.25, -0.2) is 5.43 Å². The molecular weight excluding hydrogens is 358 g/mol. The maximum absolute atomic E-state index is 12.0. The molecule has 0 spiro atoms. The maximum Gasteiger partial charge on any atom is 0.249 e. The predicted octanol–water partition coefficient (Wildman–Crippen LogP) is 3.19. The van der Waals surface area contributed by atoms with Crippen molar-refractivity contribution in [3.05, 3.63) is 53.1 Å². The molecule has 0 heterocycles. The van der Waals surface area contributed by atoms with Crippen molar-refractivity contribution >= 4 is 23.7 Å². The van der Waals surface area contributed by atoms with E-state index < -0.39 is 11.8 Å². The number of benzene rings is 2. The Morgan fingerprint density at radius 1 is 1.04 bits per heavy atom. The first kappa shape index (κ1) is 21.0. The smallest absolute Gasteiger partial charge is 0.249 e. The van der Waals surface area contributed by atoms with E-state index in [4.69, 9.17) is 9.47 Å². The SMILES string of the molecule is CCOc1cc(C=NNC(=O)CC(=O)Nc2ccc(C)c(C)c2)ccc1OC. The highest BCUT2D eigenvalue weighted by Crippen LogP contribution is 2.27. The lowest BCUT2D eigenvalue weighted by Gasteiger charge is -2.09. The number of nitrogens with zero attached hydrogens (tertiary/aromatic N) is 1. The molecule has 2 N–H and O–H groups in total. The van der Waals surface area contributed by atoms with E-state index in [1.807, 2.05) is 32.9 Å². The fourth-order valence-electron chi connectivity index (χ4n) is 2.43. The molecule has 28 heavy (non-hydrogen) atoms. The maximum atomic E-state index is 12.0. The summed E-state index contributed by atoms with van der Waals surface area (Å²) in [5.41, 5.74) is 5.93. The Labute approximate surface area is 164 Å². The van der Waals surface area contributed by atoms with E-state index in [0.717, 1.165) is 16.7 Å². The third-order valence-electron chi connectivity index (χ3n) is 4.00. The lowest BCUT2D eigenvalue weighted by atomic mass is 10.1. The molecule has 0 aliphatic rings. The Kier molecular flexibility index (Phi) is 7.56. The van der Waals surface area contributed by atoms with Crippen molar-refractivity contribution in [2.75, 3.05) is 19.0 Å². The number of carbonyl (C=O) groups is 2. The van der Waals surface area contributed by atoms with E-state index in [-0.39, 0.29) is 6.42 Å². The Morgan fingerprint density at radius 2 is 1.82 bits per heavy atom. The molecule has 0 saturated heterocycles. The third-order valence-corrected chi connectivity index (χ3v) is 4.00. The van der Waals surface area contributed by atoms with Gasteiger partial charge in [-0.2, -0.15) is 5.10 Å². The number of carbonyl (C=O) groups excluding carboxylic acids is 2. The zero-order chi connectivity index (χ0) is 20.5. The minimum absolute atomic E-state index is 0.322.